The zero-order chi connectivity index (χ0) is 30.2. The molecule has 0 saturated carbocycles. The van der Waals surface area contributed by atoms with Crippen molar-refractivity contribution in [2.45, 2.75) is 32.0 Å². The van der Waals surface area contributed by atoms with Gasteiger partial charge in [-0.05, 0) is 72.5 Å². The van der Waals surface area contributed by atoms with Gasteiger partial charge >= 0.3 is 5.97 Å². The van der Waals surface area contributed by atoms with Crippen LogP contribution in [-0.2, 0) is 22.5 Å². The van der Waals surface area contributed by atoms with Gasteiger partial charge in [0.1, 0.15) is 29.0 Å². The highest BCUT2D eigenvalue weighted by molar-refractivity contribution is 7.80. The number of esters is 1. The molecule has 10 heteroatoms. The van der Waals surface area contributed by atoms with Crippen LogP contribution < -0.4 is 9.64 Å². The Balaban J connectivity index is 0.988. The van der Waals surface area contributed by atoms with Crippen LogP contribution in [0.4, 0.5) is 5.69 Å². The van der Waals surface area contributed by atoms with E-state index in [1.807, 2.05) is 65.6 Å². The minimum Gasteiger partial charge on any atom is -0.490 e. The Labute approximate surface area is 268 Å². The number of benzene rings is 3. The van der Waals surface area contributed by atoms with Crippen molar-refractivity contribution in [3.63, 3.8) is 0 Å². The van der Waals surface area contributed by atoms with Crippen LogP contribution in [0.15, 0.2) is 78.9 Å². The molecule has 2 aliphatic heterocycles. The first-order chi connectivity index (χ1) is 21.5. The summed E-state index contributed by atoms with van der Waals surface area (Å²) in [6.45, 7) is 1.81. The molecule has 2 aromatic heterocycles. The van der Waals surface area contributed by atoms with Gasteiger partial charge in [0.05, 0.1) is 16.9 Å². The number of aromatic nitrogens is 1. The third-order valence-corrected chi connectivity index (χ3v) is 11.3. The van der Waals surface area contributed by atoms with Gasteiger partial charge in [-0.25, -0.2) is 0 Å². The van der Waals surface area contributed by atoms with Gasteiger partial charge in [0.15, 0.2) is 0 Å². The molecule has 7 nitrogen and oxygen atoms in total. The van der Waals surface area contributed by atoms with E-state index in [2.05, 4.69) is 34.7 Å². The molecule has 5 aromatic rings. The molecule has 1 unspecified atom stereocenters. The van der Waals surface area contributed by atoms with Gasteiger partial charge in [-0.1, -0.05) is 63.2 Å². The predicted molar refractivity (Wildman–Crippen MR) is 178 cm³/mol. The number of carbonyl (C=O) groups excluding carboxylic acids is 2. The molecule has 1 atom stereocenters. The zero-order valence-electron chi connectivity index (χ0n) is 24.2. The molecule has 7 rings (SSSR count). The Bertz CT molecular complexity index is 1910. The first-order valence-electron chi connectivity index (χ1n) is 14.7. The van der Waals surface area contributed by atoms with Crippen molar-refractivity contribution in [2.24, 2.45) is 0 Å². The molecule has 0 radical (unpaired) electrons. The lowest BCUT2D eigenvalue weighted by molar-refractivity contribution is -0.144. The smallest absolute Gasteiger partial charge is 0.305 e. The summed E-state index contributed by atoms with van der Waals surface area (Å²) in [6, 6.07) is 26.1. The first kappa shape index (κ1) is 28.8. The molecule has 224 valence electrons. The zero-order valence-corrected chi connectivity index (χ0v) is 26.7. The van der Waals surface area contributed by atoms with E-state index in [9.17, 15) is 9.59 Å². The lowest BCUT2D eigenvalue weighted by atomic mass is 9.96. The summed E-state index contributed by atoms with van der Waals surface area (Å²) in [7, 11) is 5.33. The number of hydrogen-bond acceptors (Lipinski definition) is 8. The molecule has 44 heavy (non-hydrogen) atoms. The fraction of sp³-hybridized carbons (Fsp3) is 0.265. The minimum atomic E-state index is -0.242. The van der Waals surface area contributed by atoms with Crippen molar-refractivity contribution < 1.29 is 19.1 Å². The molecule has 2 aliphatic rings. The Kier molecular flexibility index (Phi) is 7.97. The van der Waals surface area contributed by atoms with Gasteiger partial charge in [-0.3, -0.25) is 9.59 Å². The number of amides is 1. The molecule has 4 heterocycles. The van der Waals surface area contributed by atoms with Crippen molar-refractivity contribution >= 4 is 61.4 Å². The number of hydrogen-bond donors (Lipinski definition) is 0. The standard InChI is InChI=1S/C34H31N3O4S3/c1-35-27-9-4-3-8-26(27)34(39)37-18-16-25-24-7-2-5-10-28(24)36(32(25)33(35)37)17-6-11-30(38)41-20-19-40-23-14-12-22(13-15-23)29-21-31(42)44-43-29/h2-5,7-10,12-15,21,33H,6,11,16-20H2,1H3. The monoisotopic (exact) mass is 641 g/mol. The highest BCUT2D eigenvalue weighted by Crippen LogP contribution is 2.44. The number of para-hydroxylation sites is 2. The SMILES string of the molecule is CN1c2ccccc2C(=O)N2CCc3c(n(CCCC(=O)OCCOc4ccc(-c5cc(=S)ss5)cc4)c4ccccc34)C21. The van der Waals surface area contributed by atoms with Crippen LogP contribution in [0.3, 0.4) is 0 Å². The molecular weight excluding hydrogens is 611 g/mol. The fourth-order valence-corrected chi connectivity index (χ4v) is 8.81. The molecule has 0 spiro atoms. The highest BCUT2D eigenvalue weighted by Gasteiger charge is 2.42. The van der Waals surface area contributed by atoms with Gasteiger partial charge in [0.25, 0.3) is 5.91 Å². The second-order valence-corrected chi connectivity index (χ2v) is 13.9. The van der Waals surface area contributed by atoms with Crippen LogP contribution in [0.2, 0.25) is 0 Å². The topological polar surface area (TPSA) is 64.0 Å². The number of anilines is 1. The summed E-state index contributed by atoms with van der Waals surface area (Å²) in [5.74, 6) is 0.561. The van der Waals surface area contributed by atoms with E-state index in [0.717, 1.165) is 48.9 Å². The van der Waals surface area contributed by atoms with Crippen LogP contribution in [0.25, 0.3) is 21.3 Å². The van der Waals surface area contributed by atoms with Gasteiger partial charge in [0, 0.05) is 42.3 Å². The molecule has 0 saturated heterocycles. The average Bonchev–Trinajstić information content (AvgIpc) is 3.63. The summed E-state index contributed by atoms with van der Waals surface area (Å²) in [5.41, 5.74) is 6.35. The van der Waals surface area contributed by atoms with E-state index in [1.54, 1.807) is 20.7 Å². The maximum Gasteiger partial charge on any atom is 0.305 e. The molecule has 0 aliphatic carbocycles. The second kappa shape index (κ2) is 12.2. The number of aryl methyl sites for hydroxylation is 1. The minimum absolute atomic E-state index is 0.0712. The summed E-state index contributed by atoms with van der Waals surface area (Å²) in [5, 5.41) is 1.22. The highest BCUT2D eigenvalue weighted by atomic mass is 32.9. The van der Waals surface area contributed by atoms with Gasteiger partial charge in [0.2, 0.25) is 0 Å². The maximum absolute atomic E-state index is 13.5. The van der Waals surface area contributed by atoms with Crippen molar-refractivity contribution in [2.75, 3.05) is 31.7 Å². The Morgan fingerprint density at radius 2 is 1.80 bits per heavy atom. The van der Waals surface area contributed by atoms with Crippen LogP contribution >= 0.6 is 32.9 Å². The van der Waals surface area contributed by atoms with Crippen LogP contribution in [0.1, 0.15) is 40.6 Å². The third-order valence-electron chi connectivity index (χ3n) is 8.38. The fourth-order valence-electron chi connectivity index (χ4n) is 6.41. The van der Waals surface area contributed by atoms with Crippen molar-refractivity contribution in [1.82, 2.24) is 9.47 Å². The van der Waals surface area contributed by atoms with E-state index in [4.69, 9.17) is 21.7 Å². The summed E-state index contributed by atoms with van der Waals surface area (Å²) < 4.78 is 14.5. The van der Waals surface area contributed by atoms with E-state index >= 15 is 0 Å². The summed E-state index contributed by atoms with van der Waals surface area (Å²) in [4.78, 5) is 31.5. The van der Waals surface area contributed by atoms with Crippen LogP contribution in [0, 0.1) is 3.82 Å². The van der Waals surface area contributed by atoms with Crippen molar-refractivity contribution in [1.29, 1.82) is 0 Å². The largest absolute Gasteiger partial charge is 0.490 e. The lowest BCUT2D eigenvalue weighted by Gasteiger charge is -2.46. The third kappa shape index (κ3) is 5.31. The van der Waals surface area contributed by atoms with Crippen molar-refractivity contribution in [3.05, 3.63) is 99.5 Å². The number of carbonyl (C=O) groups is 2. The molecule has 0 fully saturated rings. The summed E-state index contributed by atoms with van der Waals surface area (Å²) >= 11 is 5.23. The van der Waals surface area contributed by atoms with Gasteiger partial charge in [-0.15, -0.1) is 0 Å². The van der Waals surface area contributed by atoms with Crippen LogP contribution in [-0.4, -0.2) is 48.1 Å². The average molecular weight is 642 g/mol. The predicted octanol–water partition coefficient (Wildman–Crippen LogP) is 7.71. The molecule has 0 N–H and O–H groups in total. The van der Waals surface area contributed by atoms with E-state index in [0.29, 0.717) is 25.9 Å². The number of ether oxygens (including phenoxy) is 2. The van der Waals surface area contributed by atoms with E-state index in [1.165, 1.54) is 10.9 Å². The lowest BCUT2D eigenvalue weighted by Crippen LogP contribution is -2.51. The number of rotatable bonds is 9. The van der Waals surface area contributed by atoms with Gasteiger partial charge < -0.3 is 23.8 Å². The first-order valence-corrected chi connectivity index (χ1v) is 17.3. The number of nitrogens with zero attached hydrogens (tertiary/aromatic N) is 3. The molecule has 1 amide bonds. The summed E-state index contributed by atoms with van der Waals surface area (Å²) in [6.07, 6.45) is 1.53. The van der Waals surface area contributed by atoms with Crippen LogP contribution in [0.5, 0.6) is 5.75 Å². The molecule has 3 aromatic carbocycles. The maximum atomic E-state index is 13.5. The normalized spacial score (nSPS) is 15.6. The second-order valence-electron chi connectivity index (χ2n) is 11.0. The van der Waals surface area contributed by atoms with Gasteiger partial charge in [-0.2, -0.15) is 0 Å². The number of fused-ring (bicyclic) bond motifs is 6. The Hall–Kier alpha value is -3.99. The molecular formula is C34H31N3O4S3. The van der Waals surface area contributed by atoms with E-state index in [-0.39, 0.29) is 31.3 Å². The Morgan fingerprint density at radius 3 is 2.61 bits per heavy atom. The van der Waals surface area contributed by atoms with E-state index < -0.39 is 0 Å². The molecule has 0 bridgehead atoms. The Morgan fingerprint density at radius 1 is 1.00 bits per heavy atom. The van der Waals surface area contributed by atoms with Crippen molar-refractivity contribution in [3.8, 4) is 16.2 Å². The quantitative estimate of drug-likeness (QED) is 0.0711.